The zero-order valence-corrected chi connectivity index (χ0v) is 12.2. The maximum atomic E-state index is 10.0. The fourth-order valence-corrected chi connectivity index (χ4v) is 2.64. The molecular formula is C16H13NO4S. The number of phenols is 1. The van der Waals surface area contributed by atoms with Crippen LogP contribution in [0.2, 0.25) is 0 Å². The molecule has 0 unspecified atom stereocenters. The van der Waals surface area contributed by atoms with E-state index in [1.807, 2.05) is 54.6 Å². The van der Waals surface area contributed by atoms with Crippen molar-refractivity contribution in [2.45, 2.75) is 4.90 Å². The van der Waals surface area contributed by atoms with Crippen molar-refractivity contribution in [1.29, 1.82) is 0 Å². The van der Waals surface area contributed by atoms with Crippen LogP contribution in [-0.2, 0) is 9.37 Å². The molecule has 0 saturated carbocycles. The smallest absolute Gasteiger partial charge is 0.124 e. The number of phenolic OH excluding ortho intramolecular Hbond substituents is 1. The van der Waals surface area contributed by atoms with E-state index >= 15 is 0 Å². The first-order valence-corrected chi connectivity index (χ1v) is 7.24. The molecule has 0 aromatic heterocycles. The average Bonchev–Trinajstić information content (AvgIpc) is 2.53. The van der Waals surface area contributed by atoms with Gasteiger partial charge in [0.25, 0.3) is 0 Å². The normalized spacial score (nSPS) is 10.8. The number of aromatic hydroxyl groups is 1. The van der Waals surface area contributed by atoms with Crippen molar-refractivity contribution in [2.75, 3.05) is 5.32 Å². The predicted molar refractivity (Wildman–Crippen MR) is 86.0 cm³/mol. The highest BCUT2D eigenvalue weighted by Crippen LogP contribution is 2.33. The number of rotatable bonds is 5. The lowest BCUT2D eigenvalue weighted by molar-refractivity contribution is -0.432. The minimum absolute atomic E-state index is 0.132. The summed E-state index contributed by atoms with van der Waals surface area (Å²) in [5.41, 5.74) is 1.88. The van der Waals surface area contributed by atoms with Gasteiger partial charge >= 0.3 is 0 Å². The van der Waals surface area contributed by atoms with Crippen LogP contribution >= 0.6 is 12.0 Å². The van der Waals surface area contributed by atoms with E-state index < -0.39 is 0 Å². The number of fused-ring (bicyclic) bond motifs is 1. The maximum absolute atomic E-state index is 10.0. The summed E-state index contributed by atoms with van der Waals surface area (Å²) < 4.78 is 4.39. The first-order valence-electron chi connectivity index (χ1n) is 6.50. The van der Waals surface area contributed by atoms with E-state index in [9.17, 15) is 5.11 Å². The van der Waals surface area contributed by atoms with Gasteiger partial charge in [-0.2, -0.15) is 0 Å². The van der Waals surface area contributed by atoms with Gasteiger partial charge in [0.05, 0.1) is 12.0 Å². The van der Waals surface area contributed by atoms with Crippen LogP contribution in [0.3, 0.4) is 0 Å². The van der Waals surface area contributed by atoms with E-state index in [2.05, 4.69) is 14.7 Å². The highest BCUT2D eigenvalue weighted by molar-refractivity contribution is 7.94. The van der Waals surface area contributed by atoms with Crippen molar-refractivity contribution < 1.29 is 19.7 Å². The quantitative estimate of drug-likeness (QED) is 0.359. The molecule has 0 amide bonds. The largest absolute Gasteiger partial charge is 0.507 e. The molecule has 6 heteroatoms. The van der Waals surface area contributed by atoms with Crippen molar-refractivity contribution in [3.63, 3.8) is 0 Å². The van der Waals surface area contributed by atoms with Crippen LogP contribution in [0.1, 0.15) is 0 Å². The Kier molecular flexibility index (Phi) is 4.45. The third-order valence-corrected chi connectivity index (χ3v) is 3.68. The monoisotopic (exact) mass is 315 g/mol. The van der Waals surface area contributed by atoms with E-state index in [4.69, 9.17) is 5.26 Å². The van der Waals surface area contributed by atoms with Gasteiger partial charge in [0.15, 0.2) is 0 Å². The van der Waals surface area contributed by atoms with E-state index in [0.29, 0.717) is 4.90 Å². The van der Waals surface area contributed by atoms with Gasteiger partial charge in [-0.1, -0.05) is 23.2 Å². The molecule has 0 aliphatic rings. The molecule has 0 aliphatic carbocycles. The summed E-state index contributed by atoms with van der Waals surface area (Å²) in [5.74, 6) is 0.132. The second kappa shape index (κ2) is 6.67. The zero-order valence-electron chi connectivity index (χ0n) is 11.4. The molecule has 3 aromatic carbocycles. The molecule has 0 atom stereocenters. The lowest BCUT2D eigenvalue weighted by Gasteiger charge is -2.09. The van der Waals surface area contributed by atoms with Crippen molar-refractivity contribution >= 4 is 34.2 Å². The van der Waals surface area contributed by atoms with Gasteiger partial charge in [0, 0.05) is 21.7 Å². The number of benzene rings is 3. The molecule has 3 rings (SSSR count). The van der Waals surface area contributed by atoms with Crippen molar-refractivity contribution in [3.8, 4) is 5.75 Å². The Hall–Kier alpha value is -2.25. The summed E-state index contributed by atoms with van der Waals surface area (Å²) in [7, 11) is 0. The molecule has 112 valence electrons. The van der Waals surface area contributed by atoms with Crippen LogP contribution in [0.15, 0.2) is 65.6 Å². The molecule has 0 saturated heterocycles. The van der Waals surface area contributed by atoms with E-state index in [1.165, 1.54) is 6.07 Å². The molecule has 0 aliphatic heterocycles. The summed E-state index contributed by atoms with van der Waals surface area (Å²) in [6.45, 7) is 0. The summed E-state index contributed by atoms with van der Waals surface area (Å²) in [6, 6.07) is 18.8. The standard InChI is InChI=1S/C16H13NO4S/c18-16-10-14(22-21-20-19)9-11-8-13(6-7-15(11)16)17-12-4-2-1-3-5-12/h1-10,17-19H. The van der Waals surface area contributed by atoms with Crippen LogP contribution < -0.4 is 5.32 Å². The summed E-state index contributed by atoms with van der Waals surface area (Å²) in [5, 5.41) is 26.7. The first-order chi connectivity index (χ1) is 10.8. The molecule has 22 heavy (non-hydrogen) atoms. The van der Waals surface area contributed by atoms with Crippen LogP contribution in [0, 0.1) is 0 Å². The number of nitrogens with one attached hydrogen (secondary N) is 1. The second-order valence-corrected chi connectivity index (χ2v) is 5.37. The molecule has 0 heterocycles. The van der Waals surface area contributed by atoms with Gasteiger partial charge in [-0.3, -0.25) is 0 Å². The van der Waals surface area contributed by atoms with Gasteiger partial charge < -0.3 is 10.4 Å². The Morgan fingerprint density at radius 2 is 1.73 bits per heavy atom. The fourth-order valence-electron chi connectivity index (χ4n) is 2.19. The lowest BCUT2D eigenvalue weighted by atomic mass is 10.1. The maximum Gasteiger partial charge on any atom is 0.124 e. The minimum Gasteiger partial charge on any atom is -0.507 e. The molecule has 0 bridgehead atoms. The van der Waals surface area contributed by atoms with Crippen molar-refractivity contribution in [1.82, 2.24) is 0 Å². The SMILES string of the molecule is OOOSc1cc(O)c2ccc(Nc3ccccc3)cc2c1. The van der Waals surface area contributed by atoms with Crippen LogP contribution in [0.4, 0.5) is 11.4 Å². The number of hydrogen-bond acceptors (Lipinski definition) is 6. The molecule has 3 aromatic rings. The molecule has 0 fully saturated rings. The van der Waals surface area contributed by atoms with Crippen LogP contribution in [-0.4, -0.2) is 10.4 Å². The lowest BCUT2D eigenvalue weighted by Crippen LogP contribution is -1.89. The molecule has 0 spiro atoms. The Morgan fingerprint density at radius 1 is 0.909 bits per heavy atom. The van der Waals surface area contributed by atoms with Crippen molar-refractivity contribution in [2.24, 2.45) is 0 Å². The van der Waals surface area contributed by atoms with Crippen molar-refractivity contribution in [3.05, 3.63) is 60.7 Å². The number of anilines is 2. The molecule has 0 radical (unpaired) electrons. The average molecular weight is 315 g/mol. The van der Waals surface area contributed by atoms with E-state index in [0.717, 1.165) is 34.2 Å². The second-order valence-electron chi connectivity index (χ2n) is 4.60. The van der Waals surface area contributed by atoms with Crippen LogP contribution in [0.5, 0.6) is 5.75 Å². The Bertz CT molecular complexity index is 780. The topological polar surface area (TPSA) is 71.0 Å². The fraction of sp³-hybridized carbons (Fsp3) is 0. The third kappa shape index (κ3) is 3.32. The Morgan fingerprint density at radius 3 is 2.50 bits per heavy atom. The Balaban J connectivity index is 1.93. The Labute approximate surface area is 131 Å². The summed E-state index contributed by atoms with van der Waals surface area (Å²) in [4.78, 5) is 0.607. The molecular weight excluding hydrogens is 302 g/mol. The predicted octanol–water partition coefficient (Wildman–Crippen LogP) is 4.72. The van der Waals surface area contributed by atoms with Gasteiger partial charge in [0.2, 0.25) is 0 Å². The minimum atomic E-state index is 0.132. The third-order valence-electron chi connectivity index (χ3n) is 3.13. The van der Waals surface area contributed by atoms with Gasteiger partial charge in [-0.15, -0.1) is 4.33 Å². The molecule has 3 N–H and O–H groups in total. The summed E-state index contributed by atoms with van der Waals surface area (Å²) in [6.07, 6.45) is 0. The van der Waals surface area contributed by atoms with E-state index in [-0.39, 0.29) is 5.75 Å². The zero-order chi connectivity index (χ0) is 15.4. The first kappa shape index (κ1) is 14.7. The number of hydrogen-bond donors (Lipinski definition) is 3. The highest BCUT2D eigenvalue weighted by atomic mass is 32.2. The summed E-state index contributed by atoms with van der Waals surface area (Å²) >= 11 is 0.807. The van der Waals surface area contributed by atoms with Gasteiger partial charge in [0.1, 0.15) is 5.75 Å². The van der Waals surface area contributed by atoms with Gasteiger partial charge in [-0.05, 0) is 47.9 Å². The van der Waals surface area contributed by atoms with E-state index in [1.54, 1.807) is 0 Å². The number of para-hydroxylation sites is 1. The molecule has 5 nitrogen and oxygen atoms in total. The highest BCUT2D eigenvalue weighted by Gasteiger charge is 2.06. The van der Waals surface area contributed by atoms with Gasteiger partial charge in [-0.25, -0.2) is 5.26 Å². The van der Waals surface area contributed by atoms with Crippen LogP contribution in [0.25, 0.3) is 10.8 Å².